The van der Waals surface area contributed by atoms with Crippen molar-refractivity contribution >= 4 is 62.9 Å². The van der Waals surface area contributed by atoms with E-state index in [-0.39, 0.29) is 0 Å². The monoisotopic (exact) mass is 403 g/mol. The van der Waals surface area contributed by atoms with Gasteiger partial charge in [0.1, 0.15) is 0 Å². The predicted molar refractivity (Wildman–Crippen MR) is 113 cm³/mol. The average Bonchev–Trinajstić information content (AvgIpc) is 3.05. The Hall–Kier alpha value is -1.94. The summed E-state index contributed by atoms with van der Waals surface area (Å²) >= 11 is 18.1. The summed E-state index contributed by atoms with van der Waals surface area (Å²) < 4.78 is 0. The van der Waals surface area contributed by atoms with Gasteiger partial charge >= 0.3 is 0 Å². The minimum absolute atomic E-state index is 0.314. The van der Waals surface area contributed by atoms with E-state index in [4.69, 9.17) is 40.5 Å². The van der Waals surface area contributed by atoms with Gasteiger partial charge in [-0.15, -0.1) is 0 Å². The van der Waals surface area contributed by atoms with Gasteiger partial charge < -0.3 is 10.6 Å². The molecule has 3 aromatic carbocycles. The molecule has 0 unspecified atom stereocenters. The molecular formula is C20H16Cl3N3. The van der Waals surface area contributed by atoms with Crippen molar-refractivity contribution in [2.45, 2.75) is 12.8 Å². The summed E-state index contributed by atoms with van der Waals surface area (Å²) in [5.41, 5.74) is 10.6. The fraction of sp³-hybridized carbons (Fsp3) is 0.150. The molecule has 0 bridgehead atoms. The fourth-order valence-corrected chi connectivity index (χ4v) is 4.08. The maximum atomic E-state index is 6.26. The lowest BCUT2D eigenvalue weighted by Gasteiger charge is -2.21. The van der Waals surface area contributed by atoms with E-state index in [9.17, 15) is 0 Å². The summed E-state index contributed by atoms with van der Waals surface area (Å²) in [5.74, 6) is 0.361. The van der Waals surface area contributed by atoms with Crippen LogP contribution in [0.1, 0.15) is 11.1 Å². The lowest BCUT2D eigenvalue weighted by Crippen LogP contribution is -2.34. The lowest BCUT2D eigenvalue weighted by molar-refractivity contribution is 1.02. The molecule has 0 spiro atoms. The SMILES string of the molecule is CN(C(N)=Nc1cc(Cl)c(Cl)c(Cl)c1)c1ccc2cccc3c2c1CC3. The molecule has 0 heterocycles. The highest BCUT2D eigenvalue weighted by molar-refractivity contribution is 6.48. The maximum Gasteiger partial charge on any atom is 0.200 e. The van der Waals surface area contributed by atoms with Crippen LogP contribution in [0.4, 0.5) is 11.4 Å². The Balaban J connectivity index is 1.75. The molecule has 4 rings (SSSR count). The van der Waals surface area contributed by atoms with Gasteiger partial charge in [0.15, 0.2) is 0 Å². The first-order valence-corrected chi connectivity index (χ1v) is 9.35. The van der Waals surface area contributed by atoms with Crippen molar-refractivity contribution in [3.63, 3.8) is 0 Å². The Morgan fingerprint density at radius 3 is 2.50 bits per heavy atom. The van der Waals surface area contributed by atoms with Crippen molar-refractivity contribution in [3.8, 4) is 0 Å². The maximum absolute atomic E-state index is 6.26. The van der Waals surface area contributed by atoms with Gasteiger partial charge in [-0.2, -0.15) is 0 Å². The number of nitrogens with two attached hydrogens (primary N) is 1. The van der Waals surface area contributed by atoms with Gasteiger partial charge in [0.05, 0.1) is 20.8 Å². The smallest absolute Gasteiger partial charge is 0.200 e. The normalized spacial score (nSPS) is 13.5. The predicted octanol–water partition coefficient (Wildman–Crippen LogP) is 5.98. The second-order valence-corrected chi connectivity index (χ2v) is 7.52. The molecular weight excluding hydrogens is 389 g/mol. The average molecular weight is 405 g/mol. The summed E-state index contributed by atoms with van der Waals surface area (Å²) in [6.45, 7) is 0. The summed E-state index contributed by atoms with van der Waals surface area (Å²) in [4.78, 5) is 6.36. The molecule has 0 atom stereocenters. The second-order valence-electron chi connectivity index (χ2n) is 6.33. The quantitative estimate of drug-likeness (QED) is 0.324. The van der Waals surface area contributed by atoms with E-state index in [0.29, 0.717) is 26.7 Å². The molecule has 6 heteroatoms. The number of guanidine groups is 1. The summed E-state index contributed by atoms with van der Waals surface area (Å²) in [7, 11) is 1.91. The molecule has 1 aliphatic carbocycles. The third-order valence-electron chi connectivity index (χ3n) is 4.78. The molecule has 0 amide bonds. The standard InChI is InChI=1S/C20H16Cl3N3/c1-26(20(24)25-13-9-15(21)19(23)16(22)10-13)17-8-6-12-4-2-3-11-5-7-14(17)18(11)12/h2-4,6,8-10H,5,7H2,1H3,(H2,24,25). The van der Waals surface area contributed by atoms with Gasteiger partial charge in [-0.1, -0.05) is 59.1 Å². The Labute approximate surface area is 167 Å². The van der Waals surface area contributed by atoms with Gasteiger partial charge in [0, 0.05) is 12.7 Å². The molecule has 3 nitrogen and oxygen atoms in total. The third kappa shape index (κ3) is 2.90. The van der Waals surface area contributed by atoms with Gasteiger partial charge in [0.2, 0.25) is 5.96 Å². The zero-order valence-corrected chi connectivity index (χ0v) is 16.3. The summed E-state index contributed by atoms with van der Waals surface area (Å²) in [5, 5.41) is 3.61. The number of aryl methyl sites for hydroxylation is 2. The zero-order valence-electron chi connectivity index (χ0n) is 14.1. The molecule has 3 aromatic rings. The first-order chi connectivity index (χ1) is 12.5. The van der Waals surface area contributed by atoms with E-state index in [2.05, 4.69) is 35.3 Å². The van der Waals surface area contributed by atoms with Crippen molar-refractivity contribution in [1.82, 2.24) is 0 Å². The molecule has 1 aliphatic rings. The largest absolute Gasteiger partial charge is 0.369 e. The summed E-state index contributed by atoms with van der Waals surface area (Å²) in [6, 6.07) is 14.0. The molecule has 0 aromatic heterocycles. The van der Waals surface area contributed by atoms with Crippen LogP contribution in [0.15, 0.2) is 47.5 Å². The fourth-order valence-electron chi connectivity index (χ4n) is 3.50. The number of halogens is 3. The Morgan fingerprint density at radius 2 is 1.77 bits per heavy atom. The van der Waals surface area contributed by atoms with Crippen molar-refractivity contribution in [2.75, 3.05) is 11.9 Å². The number of benzene rings is 3. The van der Waals surface area contributed by atoms with Crippen LogP contribution in [0, 0.1) is 0 Å². The van der Waals surface area contributed by atoms with Crippen LogP contribution in [0.25, 0.3) is 10.8 Å². The Kier molecular flexibility index (Phi) is 4.47. The van der Waals surface area contributed by atoms with E-state index in [0.717, 1.165) is 18.5 Å². The molecule has 0 radical (unpaired) electrons. The van der Waals surface area contributed by atoms with E-state index < -0.39 is 0 Å². The van der Waals surface area contributed by atoms with E-state index >= 15 is 0 Å². The minimum atomic E-state index is 0.314. The molecule has 0 fully saturated rings. The molecule has 0 aliphatic heterocycles. The van der Waals surface area contributed by atoms with Gasteiger partial charge in [-0.25, -0.2) is 4.99 Å². The molecule has 2 N–H and O–H groups in total. The topological polar surface area (TPSA) is 41.6 Å². The lowest BCUT2D eigenvalue weighted by atomic mass is 10.0. The van der Waals surface area contributed by atoms with Crippen LogP contribution in [0.3, 0.4) is 0 Å². The van der Waals surface area contributed by atoms with Crippen LogP contribution in [0.2, 0.25) is 15.1 Å². The number of rotatable bonds is 2. The third-order valence-corrected chi connectivity index (χ3v) is 5.97. The molecule has 0 saturated heterocycles. The molecule has 0 saturated carbocycles. The number of hydrogen-bond acceptors (Lipinski definition) is 1. The molecule has 26 heavy (non-hydrogen) atoms. The molecule has 132 valence electrons. The van der Waals surface area contributed by atoms with Crippen molar-refractivity contribution in [2.24, 2.45) is 10.7 Å². The highest BCUT2D eigenvalue weighted by atomic mass is 35.5. The van der Waals surface area contributed by atoms with Crippen LogP contribution in [-0.4, -0.2) is 13.0 Å². The highest BCUT2D eigenvalue weighted by Crippen LogP contribution is 2.37. The van der Waals surface area contributed by atoms with Gasteiger partial charge in [0.25, 0.3) is 0 Å². The van der Waals surface area contributed by atoms with Crippen LogP contribution in [0.5, 0.6) is 0 Å². The van der Waals surface area contributed by atoms with Gasteiger partial charge in [-0.3, -0.25) is 0 Å². The van der Waals surface area contributed by atoms with E-state index in [1.54, 1.807) is 12.1 Å². The zero-order chi connectivity index (χ0) is 18.4. The summed E-state index contributed by atoms with van der Waals surface area (Å²) in [6.07, 6.45) is 2.05. The van der Waals surface area contributed by atoms with Crippen molar-refractivity contribution < 1.29 is 0 Å². The van der Waals surface area contributed by atoms with Crippen LogP contribution < -0.4 is 10.6 Å². The number of hydrogen-bond donors (Lipinski definition) is 1. The Morgan fingerprint density at radius 1 is 1.04 bits per heavy atom. The van der Waals surface area contributed by atoms with Crippen molar-refractivity contribution in [1.29, 1.82) is 0 Å². The first kappa shape index (κ1) is 17.5. The van der Waals surface area contributed by atoms with E-state index in [1.807, 2.05) is 11.9 Å². The minimum Gasteiger partial charge on any atom is -0.369 e. The van der Waals surface area contributed by atoms with Crippen molar-refractivity contribution in [3.05, 3.63) is 68.7 Å². The first-order valence-electron chi connectivity index (χ1n) is 8.21. The number of nitrogens with zero attached hydrogens (tertiary/aromatic N) is 2. The highest BCUT2D eigenvalue weighted by Gasteiger charge is 2.20. The van der Waals surface area contributed by atoms with Gasteiger partial charge in [-0.05, 0) is 52.9 Å². The second kappa shape index (κ2) is 6.66. The Bertz CT molecular complexity index is 1040. The van der Waals surface area contributed by atoms with Crippen LogP contribution >= 0.6 is 34.8 Å². The number of anilines is 1. The van der Waals surface area contributed by atoms with E-state index in [1.165, 1.54) is 21.9 Å². The number of aliphatic imine (C=N–C) groups is 1. The van der Waals surface area contributed by atoms with Crippen LogP contribution in [-0.2, 0) is 12.8 Å².